The molecule has 0 bridgehead atoms. The van der Waals surface area contributed by atoms with E-state index < -0.39 is 17.5 Å². The second-order valence-corrected chi connectivity index (χ2v) is 6.35. The third kappa shape index (κ3) is 3.48. The Morgan fingerprint density at radius 2 is 1.96 bits per heavy atom. The smallest absolute Gasteiger partial charge is 0.252 e. The predicted molar refractivity (Wildman–Crippen MR) is 87.0 cm³/mol. The summed E-state index contributed by atoms with van der Waals surface area (Å²) in [5, 5.41) is 3.40. The second kappa shape index (κ2) is 6.60. The first-order chi connectivity index (χ1) is 11.0. The van der Waals surface area contributed by atoms with Gasteiger partial charge in [-0.3, -0.25) is 4.79 Å². The molecule has 1 N–H and O–H groups in total. The maximum atomic E-state index is 13.2. The highest BCUT2D eigenvalue weighted by molar-refractivity contribution is 7.18. The van der Waals surface area contributed by atoms with Crippen LogP contribution >= 0.6 is 22.9 Å². The summed E-state index contributed by atoms with van der Waals surface area (Å²) in [6, 6.07) is 9.35. The van der Waals surface area contributed by atoms with Crippen molar-refractivity contribution in [2.45, 2.75) is 6.42 Å². The van der Waals surface area contributed by atoms with Gasteiger partial charge in [0.05, 0.1) is 25.8 Å². The number of hydrogen-bond donors (Lipinski definition) is 1. The van der Waals surface area contributed by atoms with Crippen LogP contribution in [0.2, 0.25) is 5.02 Å². The number of hydrogen-bond acceptors (Lipinski definition) is 3. The van der Waals surface area contributed by atoms with Crippen molar-refractivity contribution in [1.82, 2.24) is 10.3 Å². The fourth-order valence-electron chi connectivity index (χ4n) is 2.10. The molecule has 0 saturated heterocycles. The SMILES string of the molecule is O=C(NCCc1nc2ccccc2s1)c1cc(F)c(F)cc1Cl. The van der Waals surface area contributed by atoms with Gasteiger partial charge in [0, 0.05) is 13.0 Å². The lowest BCUT2D eigenvalue weighted by atomic mass is 10.2. The van der Waals surface area contributed by atoms with Gasteiger partial charge in [-0.05, 0) is 24.3 Å². The van der Waals surface area contributed by atoms with Crippen molar-refractivity contribution in [1.29, 1.82) is 0 Å². The largest absolute Gasteiger partial charge is 0.352 e. The minimum Gasteiger partial charge on any atom is -0.352 e. The van der Waals surface area contributed by atoms with E-state index in [1.54, 1.807) is 11.3 Å². The number of nitrogens with zero attached hydrogens (tertiary/aromatic N) is 1. The van der Waals surface area contributed by atoms with Gasteiger partial charge < -0.3 is 5.32 Å². The van der Waals surface area contributed by atoms with Crippen molar-refractivity contribution in [3.8, 4) is 0 Å². The average molecular weight is 353 g/mol. The van der Waals surface area contributed by atoms with E-state index >= 15 is 0 Å². The lowest BCUT2D eigenvalue weighted by Crippen LogP contribution is -2.26. The summed E-state index contributed by atoms with van der Waals surface area (Å²) in [7, 11) is 0. The molecule has 0 aliphatic heterocycles. The number of nitrogens with one attached hydrogen (secondary N) is 1. The van der Waals surface area contributed by atoms with Crippen LogP contribution in [0.25, 0.3) is 10.2 Å². The van der Waals surface area contributed by atoms with Gasteiger partial charge in [-0.15, -0.1) is 11.3 Å². The van der Waals surface area contributed by atoms with Crippen LogP contribution in [0, 0.1) is 11.6 Å². The highest BCUT2D eigenvalue weighted by atomic mass is 35.5. The molecule has 0 spiro atoms. The molecule has 1 aromatic heterocycles. The summed E-state index contributed by atoms with van der Waals surface area (Å²) < 4.78 is 27.3. The van der Waals surface area contributed by atoms with E-state index in [2.05, 4.69) is 10.3 Å². The normalized spacial score (nSPS) is 10.9. The zero-order valence-electron chi connectivity index (χ0n) is 11.8. The third-order valence-electron chi connectivity index (χ3n) is 3.22. The van der Waals surface area contributed by atoms with Crippen LogP contribution < -0.4 is 5.32 Å². The first-order valence-corrected chi connectivity index (χ1v) is 8.01. The van der Waals surface area contributed by atoms with Gasteiger partial charge in [0.25, 0.3) is 5.91 Å². The molecule has 118 valence electrons. The molecule has 3 nitrogen and oxygen atoms in total. The maximum Gasteiger partial charge on any atom is 0.252 e. The number of para-hydroxylation sites is 1. The van der Waals surface area contributed by atoms with Crippen molar-refractivity contribution in [3.63, 3.8) is 0 Å². The van der Waals surface area contributed by atoms with Crippen LogP contribution in [0.5, 0.6) is 0 Å². The molecule has 0 atom stereocenters. The van der Waals surface area contributed by atoms with E-state index in [-0.39, 0.29) is 10.6 Å². The first-order valence-electron chi connectivity index (χ1n) is 6.82. The monoisotopic (exact) mass is 352 g/mol. The molecular formula is C16H11ClF2N2OS. The number of thiazole rings is 1. The molecule has 0 aliphatic rings. The Kier molecular flexibility index (Phi) is 4.54. The summed E-state index contributed by atoms with van der Waals surface area (Å²) >= 11 is 7.32. The van der Waals surface area contributed by atoms with Gasteiger partial charge in [0.15, 0.2) is 11.6 Å². The Balaban J connectivity index is 1.64. The van der Waals surface area contributed by atoms with Crippen LogP contribution in [0.1, 0.15) is 15.4 Å². The Labute approximate surface area is 139 Å². The van der Waals surface area contributed by atoms with E-state index in [1.807, 2.05) is 24.3 Å². The van der Waals surface area contributed by atoms with E-state index in [4.69, 9.17) is 11.6 Å². The van der Waals surface area contributed by atoms with Gasteiger partial charge in [-0.1, -0.05) is 23.7 Å². The topological polar surface area (TPSA) is 42.0 Å². The summed E-state index contributed by atoms with van der Waals surface area (Å²) in [6.07, 6.45) is 0.548. The van der Waals surface area contributed by atoms with Crippen LogP contribution in [0.15, 0.2) is 36.4 Å². The van der Waals surface area contributed by atoms with Gasteiger partial charge in [-0.2, -0.15) is 0 Å². The van der Waals surface area contributed by atoms with Crippen molar-refractivity contribution in [3.05, 3.63) is 63.6 Å². The quantitative estimate of drug-likeness (QED) is 0.715. The van der Waals surface area contributed by atoms with E-state index in [1.165, 1.54) is 0 Å². The molecule has 0 unspecified atom stereocenters. The average Bonchev–Trinajstić information content (AvgIpc) is 2.93. The Hall–Kier alpha value is -2.05. The number of fused-ring (bicyclic) bond motifs is 1. The Morgan fingerprint density at radius 3 is 2.74 bits per heavy atom. The van der Waals surface area contributed by atoms with Crippen molar-refractivity contribution in [2.24, 2.45) is 0 Å². The molecule has 7 heteroatoms. The van der Waals surface area contributed by atoms with Crippen LogP contribution in [-0.4, -0.2) is 17.4 Å². The van der Waals surface area contributed by atoms with Gasteiger partial charge in [0.2, 0.25) is 0 Å². The Morgan fingerprint density at radius 1 is 1.22 bits per heavy atom. The fraction of sp³-hybridized carbons (Fsp3) is 0.125. The number of carbonyl (C=O) groups is 1. The molecule has 0 radical (unpaired) electrons. The van der Waals surface area contributed by atoms with Crippen LogP contribution in [-0.2, 0) is 6.42 Å². The molecule has 1 heterocycles. The standard InChI is InChI=1S/C16H11ClF2N2OS/c17-10-8-12(19)11(18)7-9(10)16(22)20-6-5-15-21-13-3-1-2-4-14(13)23-15/h1-4,7-8H,5-6H2,(H,20,22). The lowest BCUT2D eigenvalue weighted by molar-refractivity contribution is 0.0953. The van der Waals surface area contributed by atoms with E-state index in [0.717, 1.165) is 27.4 Å². The summed E-state index contributed by atoms with van der Waals surface area (Å²) in [4.78, 5) is 16.4. The molecule has 0 aliphatic carbocycles. The third-order valence-corrected chi connectivity index (χ3v) is 4.63. The minimum absolute atomic E-state index is 0.0881. The molecule has 2 aromatic carbocycles. The minimum atomic E-state index is -1.11. The number of aromatic nitrogens is 1. The van der Waals surface area contributed by atoms with Crippen molar-refractivity contribution >= 4 is 39.1 Å². The molecule has 23 heavy (non-hydrogen) atoms. The van der Waals surface area contributed by atoms with Crippen LogP contribution in [0.4, 0.5) is 8.78 Å². The Bertz CT molecular complexity index is 849. The number of carbonyl (C=O) groups excluding carboxylic acids is 1. The number of amides is 1. The molecule has 1 amide bonds. The fourth-order valence-corrected chi connectivity index (χ4v) is 3.30. The van der Waals surface area contributed by atoms with E-state index in [0.29, 0.717) is 13.0 Å². The number of halogens is 3. The molecular weight excluding hydrogens is 342 g/mol. The zero-order valence-corrected chi connectivity index (χ0v) is 13.3. The van der Waals surface area contributed by atoms with Gasteiger partial charge >= 0.3 is 0 Å². The predicted octanol–water partition coefficient (Wildman–Crippen LogP) is 4.20. The highest BCUT2D eigenvalue weighted by Crippen LogP contribution is 2.22. The number of benzene rings is 2. The maximum absolute atomic E-state index is 13.2. The molecule has 0 saturated carbocycles. The molecule has 3 aromatic rings. The highest BCUT2D eigenvalue weighted by Gasteiger charge is 2.14. The summed E-state index contributed by atoms with van der Waals surface area (Å²) in [6.45, 7) is 0.327. The van der Waals surface area contributed by atoms with Gasteiger partial charge in [0.1, 0.15) is 0 Å². The number of rotatable bonds is 4. The van der Waals surface area contributed by atoms with Gasteiger partial charge in [-0.25, -0.2) is 13.8 Å². The van der Waals surface area contributed by atoms with Crippen molar-refractivity contribution < 1.29 is 13.6 Å². The lowest BCUT2D eigenvalue weighted by Gasteiger charge is -2.06. The summed E-state index contributed by atoms with van der Waals surface area (Å²) in [5.74, 6) is -2.73. The molecule has 0 fully saturated rings. The summed E-state index contributed by atoms with van der Waals surface area (Å²) in [5.41, 5.74) is 0.831. The first kappa shape index (κ1) is 15.8. The zero-order chi connectivity index (χ0) is 16.4. The molecule has 3 rings (SSSR count). The van der Waals surface area contributed by atoms with E-state index in [9.17, 15) is 13.6 Å². The van der Waals surface area contributed by atoms with Crippen molar-refractivity contribution in [2.75, 3.05) is 6.54 Å². The van der Waals surface area contributed by atoms with Crippen LogP contribution in [0.3, 0.4) is 0 Å². The second-order valence-electron chi connectivity index (χ2n) is 4.83.